The molecule has 9 heteroatoms. The lowest BCUT2D eigenvalue weighted by atomic mass is 9.96. The number of carbonyl (C=O) groups excluding carboxylic acids is 2. The Morgan fingerprint density at radius 1 is 1.04 bits per heavy atom. The largest absolute Gasteiger partial charge is 0.471 e. The van der Waals surface area contributed by atoms with Gasteiger partial charge in [0, 0.05) is 25.6 Å². The zero-order chi connectivity index (χ0) is 17.6. The minimum atomic E-state index is -4.85. The lowest BCUT2D eigenvalue weighted by Gasteiger charge is -2.31. The second-order valence-corrected chi connectivity index (χ2v) is 6.28. The molecule has 2 aliphatic heterocycles. The predicted molar refractivity (Wildman–Crippen MR) is 79.7 cm³/mol. The maximum Gasteiger partial charge on any atom is 0.471 e. The number of hydrogen-bond donors (Lipinski definition) is 1. The Hall–Kier alpha value is -1.35. The molecule has 0 saturated carbocycles. The van der Waals surface area contributed by atoms with E-state index in [9.17, 15) is 22.8 Å². The number of carbonyl (C=O) groups is 2. The molecule has 1 N–H and O–H groups in total. The lowest BCUT2D eigenvalue weighted by Crippen LogP contribution is -2.47. The highest BCUT2D eigenvalue weighted by molar-refractivity contribution is 5.82. The van der Waals surface area contributed by atoms with Crippen molar-refractivity contribution in [1.29, 1.82) is 0 Å². The third-order valence-corrected chi connectivity index (χ3v) is 4.53. The van der Waals surface area contributed by atoms with Crippen molar-refractivity contribution >= 4 is 11.8 Å². The second-order valence-electron chi connectivity index (χ2n) is 6.28. The molecular weight excluding hydrogens is 327 g/mol. The van der Waals surface area contributed by atoms with Gasteiger partial charge in [-0.1, -0.05) is 6.42 Å². The van der Waals surface area contributed by atoms with Crippen LogP contribution < -0.4 is 5.48 Å². The first kappa shape index (κ1) is 19.0. The Labute approximate surface area is 139 Å². The minimum Gasteiger partial charge on any atom is -0.335 e. The summed E-state index contributed by atoms with van der Waals surface area (Å²) in [7, 11) is 0. The Balaban J connectivity index is 1.61. The van der Waals surface area contributed by atoms with E-state index in [2.05, 4.69) is 10.4 Å². The molecule has 0 aromatic rings. The molecule has 2 rings (SSSR count). The van der Waals surface area contributed by atoms with E-state index in [0.29, 0.717) is 6.61 Å². The molecule has 0 aromatic carbocycles. The van der Waals surface area contributed by atoms with E-state index in [4.69, 9.17) is 4.84 Å². The van der Waals surface area contributed by atoms with Gasteiger partial charge in [0.05, 0.1) is 6.61 Å². The van der Waals surface area contributed by atoms with Crippen molar-refractivity contribution in [2.45, 2.75) is 38.3 Å². The van der Waals surface area contributed by atoms with Crippen molar-refractivity contribution in [2.75, 3.05) is 39.3 Å². The fourth-order valence-electron chi connectivity index (χ4n) is 3.09. The molecule has 0 spiro atoms. The lowest BCUT2D eigenvalue weighted by molar-refractivity contribution is -0.187. The van der Waals surface area contributed by atoms with Gasteiger partial charge in [-0.15, -0.1) is 0 Å². The highest BCUT2D eigenvalue weighted by Crippen LogP contribution is 2.23. The third kappa shape index (κ3) is 5.62. The molecule has 0 radical (unpaired) electrons. The number of hydrogen-bond acceptors (Lipinski definition) is 4. The minimum absolute atomic E-state index is 0.0653. The highest BCUT2D eigenvalue weighted by Gasteiger charge is 2.43. The van der Waals surface area contributed by atoms with Crippen LogP contribution in [0.3, 0.4) is 0 Å². The van der Waals surface area contributed by atoms with Crippen LogP contribution in [0.5, 0.6) is 0 Å². The van der Waals surface area contributed by atoms with E-state index in [1.54, 1.807) is 0 Å². The second kappa shape index (κ2) is 8.66. The van der Waals surface area contributed by atoms with Crippen molar-refractivity contribution in [2.24, 2.45) is 5.92 Å². The summed E-state index contributed by atoms with van der Waals surface area (Å²) in [6, 6.07) is 0. The molecule has 24 heavy (non-hydrogen) atoms. The summed E-state index contributed by atoms with van der Waals surface area (Å²) in [5.74, 6) is -2.58. The van der Waals surface area contributed by atoms with Gasteiger partial charge in [0.15, 0.2) is 0 Å². The van der Waals surface area contributed by atoms with Gasteiger partial charge in [-0.3, -0.25) is 14.4 Å². The Morgan fingerprint density at radius 3 is 2.25 bits per heavy atom. The average molecular weight is 351 g/mol. The first-order chi connectivity index (χ1) is 11.4. The number of rotatable bonds is 5. The number of halogens is 3. The molecule has 6 nitrogen and oxygen atoms in total. The zero-order valence-corrected chi connectivity index (χ0v) is 13.6. The maximum absolute atomic E-state index is 12.4. The monoisotopic (exact) mass is 351 g/mol. The molecule has 2 aliphatic rings. The third-order valence-electron chi connectivity index (χ3n) is 4.53. The van der Waals surface area contributed by atoms with Gasteiger partial charge in [0.25, 0.3) is 0 Å². The van der Waals surface area contributed by atoms with E-state index in [1.807, 2.05) is 0 Å². The highest BCUT2D eigenvalue weighted by atomic mass is 19.4. The number of hydroxylamine groups is 1. The molecule has 2 heterocycles. The van der Waals surface area contributed by atoms with Crippen LogP contribution in [-0.4, -0.2) is 67.1 Å². The summed E-state index contributed by atoms with van der Waals surface area (Å²) in [4.78, 5) is 31.3. The van der Waals surface area contributed by atoms with Crippen molar-refractivity contribution in [3.8, 4) is 0 Å². The van der Waals surface area contributed by atoms with Crippen molar-refractivity contribution in [3.05, 3.63) is 0 Å². The molecule has 2 saturated heterocycles. The quantitative estimate of drug-likeness (QED) is 0.600. The van der Waals surface area contributed by atoms with Gasteiger partial charge in [0.1, 0.15) is 0 Å². The summed E-state index contributed by atoms with van der Waals surface area (Å²) in [6.45, 7) is 3.09. The molecular formula is C15H24F3N3O3. The van der Waals surface area contributed by atoms with Crippen molar-refractivity contribution in [3.63, 3.8) is 0 Å². The van der Waals surface area contributed by atoms with Crippen LogP contribution in [0.1, 0.15) is 32.1 Å². The summed E-state index contributed by atoms with van der Waals surface area (Å²) < 4.78 is 37.1. The molecule has 0 atom stereocenters. The van der Waals surface area contributed by atoms with Crippen LogP contribution in [-0.2, 0) is 14.4 Å². The molecule has 0 aromatic heterocycles. The van der Waals surface area contributed by atoms with E-state index in [0.717, 1.165) is 24.5 Å². The fraction of sp³-hybridized carbons (Fsp3) is 0.867. The van der Waals surface area contributed by atoms with Gasteiger partial charge in [-0.2, -0.15) is 13.2 Å². The Morgan fingerprint density at radius 2 is 1.67 bits per heavy atom. The van der Waals surface area contributed by atoms with Gasteiger partial charge in [-0.05, 0) is 38.8 Å². The molecule has 0 aliphatic carbocycles. The molecule has 138 valence electrons. The van der Waals surface area contributed by atoms with Crippen LogP contribution in [0.25, 0.3) is 0 Å². The summed E-state index contributed by atoms with van der Waals surface area (Å²) in [6.07, 6.45) is -0.814. The molecule has 0 bridgehead atoms. The number of nitrogens with zero attached hydrogens (tertiary/aromatic N) is 2. The fourth-order valence-corrected chi connectivity index (χ4v) is 3.09. The van der Waals surface area contributed by atoms with Gasteiger partial charge in [-0.25, -0.2) is 5.48 Å². The predicted octanol–water partition coefficient (Wildman–Crippen LogP) is 1.32. The summed E-state index contributed by atoms with van der Waals surface area (Å²) >= 11 is 0. The zero-order valence-electron chi connectivity index (χ0n) is 13.6. The van der Waals surface area contributed by atoms with Crippen LogP contribution in [0.2, 0.25) is 0 Å². The topological polar surface area (TPSA) is 61.9 Å². The van der Waals surface area contributed by atoms with E-state index in [-0.39, 0.29) is 31.8 Å². The number of amides is 2. The van der Waals surface area contributed by atoms with Crippen molar-refractivity contribution < 1.29 is 27.6 Å². The van der Waals surface area contributed by atoms with Gasteiger partial charge >= 0.3 is 12.1 Å². The van der Waals surface area contributed by atoms with Gasteiger partial charge in [0.2, 0.25) is 5.91 Å². The Kier molecular flexibility index (Phi) is 6.85. The van der Waals surface area contributed by atoms with Crippen LogP contribution in [0.15, 0.2) is 0 Å². The van der Waals surface area contributed by atoms with E-state index < -0.39 is 18.0 Å². The average Bonchev–Trinajstić information content (AvgIpc) is 2.58. The van der Waals surface area contributed by atoms with Crippen LogP contribution >= 0.6 is 0 Å². The molecule has 2 fully saturated rings. The number of alkyl halides is 3. The van der Waals surface area contributed by atoms with Gasteiger partial charge < -0.3 is 9.80 Å². The SMILES string of the molecule is O=C(NOCCN1CCCCC1)C1CCN(C(=O)C(F)(F)F)CC1. The van der Waals surface area contributed by atoms with E-state index >= 15 is 0 Å². The standard InChI is InChI=1S/C15H24F3N3O3/c16-15(17,18)14(23)21-8-4-12(5-9-21)13(22)19-24-11-10-20-6-2-1-3-7-20/h12H,1-11H2,(H,19,22). The smallest absolute Gasteiger partial charge is 0.335 e. The summed E-state index contributed by atoms with van der Waals surface area (Å²) in [5, 5.41) is 0. The van der Waals surface area contributed by atoms with Crippen molar-refractivity contribution in [1.82, 2.24) is 15.3 Å². The Bertz CT molecular complexity index is 431. The van der Waals surface area contributed by atoms with Crippen LogP contribution in [0, 0.1) is 5.92 Å². The first-order valence-electron chi connectivity index (χ1n) is 8.38. The normalized spacial score (nSPS) is 20.9. The number of piperidine rings is 2. The molecule has 2 amide bonds. The van der Waals surface area contributed by atoms with E-state index in [1.165, 1.54) is 19.3 Å². The molecule has 0 unspecified atom stereocenters. The first-order valence-corrected chi connectivity index (χ1v) is 8.38. The maximum atomic E-state index is 12.4. The number of likely N-dealkylation sites (tertiary alicyclic amines) is 2. The van der Waals surface area contributed by atoms with Crippen LogP contribution in [0.4, 0.5) is 13.2 Å². The number of nitrogens with one attached hydrogen (secondary N) is 1. The summed E-state index contributed by atoms with van der Waals surface area (Å²) in [5.41, 5.74) is 2.37.